The minimum atomic E-state index is 0.484. The fourth-order valence-electron chi connectivity index (χ4n) is 2.21. The van der Waals surface area contributed by atoms with Gasteiger partial charge in [0.15, 0.2) is 0 Å². The number of hydrogen-bond donors (Lipinski definition) is 1. The van der Waals surface area contributed by atoms with Gasteiger partial charge in [-0.1, -0.05) is 32.9 Å². The smallest absolute Gasteiger partial charge is 0.0366 e. The lowest BCUT2D eigenvalue weighted by Crippen LogP contribution is -2.28. The average Bonchev–Trinajstić information content (AvgIpc) is 2.43. The zero-order valence-corrected chi connectivity index (χ0v) is 12.5. The third-order valence-electron chi connectivity index (χ3n) is 3.81. The second-order valence-electron chi connectivity index (χ2n) is 4.98. The number of anilines is 1. The van der Waals surface area contributed by atoms with Gasteiger partial charge in [0.1, 0.15) is 0 Å². The molecule has 0 radical (unpaired) electrons. The van der Waals surface area contributed by atoms with Crippen molar-refractivity contribution in [2.75, 3.05) is 18.5 Å². The van der Waals surface area contributed by atoms with Crippen LogP contribution in [0, 0.1) is 0 Å². The molecule has 0 aromatic heterocycles. The minimum Gasteiger partial charge on any atom is -0.372 e. The van der Waals surface area contributed by atoms with Gasteiger partial charge in [0.2, 0.25) is 0 Å². The van der Waals surface area contributed by atoms with Crippen molar-refractivity contribution in [1.82, 2.24) is 5.32 Å². The van der Waals surface area contributed by atoms with Gasteiger partial charge in [-0.25, -0.2) is 0 Å². The molecule has 0 fully saturated rings. The Labute approximate surface area is 112 Å². The monoisotopic (exact) mass is 248 g/mol. The van der Waals surface area contributed by atoms with E-state index in [0.717, 1.165) is 13.0 Å². The molecule has 0 saturated heterocycles. The lowest BCUT2D eigenvalue weighted by atomic mass is 10.0. The normalized spacial score (nSPS) is 14.3. The summed E-state index contributed by atoms with van der Waals surface area (Å²) >= 11 is 0. The first kappa shape index (κ1) is 15.0. The first-order chi connectivity index (χ1) is 8.63. The third-order valence-corrected chi connectivity index (χ3v) is 3.81. The summed E-state index contributed by atoms with van der Waals surface area (Å²) in [6.07, 6.45) is 2.31. The van der Waals surface area contributed by atoms with Crippen molar-refractivity contribution in [3.8, 4) is 0 Å². The van der Waals surface area contributed by atoms with E-state index in [4.69, 9.17) is 0 Å². The maximum Gasteiger partial charge on any atom is 0.0366 e. The summed E-state index contributed by atoms with van der Waals surface area (Å²) in [5.41, 5.74) is 2.69. The second-order valence-corrected chi connectivity index (χ2v) is 4.98. The van der Waals surface area contributed by atoms with Gasteiger partial charge < -0.3 is 10.2 Å². The number of nitrogens with one attached hydrogen (secondary N) is 1. The van der Waals surface area contributed by atoms with Gasteiger partial charge in [0.25, 0.3) is 0 Å². The first-order valence-electron chi connectivity index (χ1n) is 7.20. The van der Waals surface area contributed by atoms with Gasteiger partial charge >= 0.3 is 0 Å². The predicted molar refractivity (Wildman–Crippen MR) is 81.3 cm³/mol. The lowest BCUT2D eigenvalue weighted by molar-refractivity contribution is 0.537. The SMILES string of the molecule is CCNC(CC)c1ccc(N(C)C(C)CC)cc1. The predicted octanol–water partition coefficient (Wildman–Crippen LogP) is 3.98. The van der Waals surface area contributed by atoms with E-state index in [1.54, 1.807) is 0 Å². The van der Waals surface area contributed by atoms with Gasteiger partial charge in [0, 0.05) is 24.8 Å². The van der Waals surface area contributed by atoms with Gasteiger partial charge in [0.05, 0.1) is 0 Å². The fraction of sp³-hybridized carbons (Fsp3) is 0.625. The summed E-state index contributed by atoms with van der Waals surface area (Å²) in [4.78, 5) is 2.35. The summed E-state index contributed by atoms with van der Waals surface area (Å²) in [5, 5.41) is 3.52. The number of benzene rings is 1. The van der Waals surface area contributed by atoms with Crippen LogP contribution >= 0.6 is 0 Å². The van der Waals surface area contributed by atoms with Crippen LogP contribution in [0.5, 0.6) is 0 Å². The molecule has 1 N–H and O–H groups in total. The molecule has 0 saturated carbocycles. The Morgan fingerprint density at radius 3 is 2.11 bits per heavy atom. The Bertz CT molecular complexity index is 310. The van der Waals surface area contributed by atoms with Crippen molar-refractivity contribution in [3.05, 3.63) is 29.8 Å². The molecule has 0 spiro atoms. The van der Waals surface area contributed by atoms with E-state index >= 15 is 0 Å². The molecule has 0 heterocycles. The highest BCUT2D eigenvalue weighted by molar-refractivity contribution is 5.48. The number of rotatable bonds is 7. The summed E-state index contributed by atoms with van der Waals surface area (Å²) in [6, 6.07) is 10.1. The van der Waals surface area contributed by atoms with Crippen LogP contribution < -0.4 is 10.2 Å². The Morgan fingerprint density at radius 1 is 1.06 bits per heavy atom. The zero-order valence-electron chi connectivity index (χ0n) is 12.5. The molecule has 0 aliphatic heterocycles. The first-order valence-corrected chi connectivity index (χ1v) is 7.20. The van der Waals surface area contributed by atoms with Gasteiger partial charge in [-0.3, -0.25) is 0 Å². The highest BCUT2D eigenvalue weighted by atomic mass is 15.1. The van der Waals surface area contributed by atoms with E-state index in [0.29, 0.717) is 12.1 Å². The summed E-state index contributed by atoms with van der Waals surface area (Å²) in [5.74, 6) is 0. The summed E-state index contributed by atoms with van der Waals surface area (Å²) in [6.45, 7) is 9.91. The van der Waals surface area contributed by atoms with Crippen LogP contribution in [0.4, 0.5) is 5.69 Å². The average molecular weight is 248 g/mol. The Kier molecular flexibility index (Phi) is 6.20. The zero-order chi connectivity index (χ0) is 13.5. The van der Waals surface area contributed by atoms with Gasteiger partial charge in [-0.2, -0.15) is 0 Å². The summed E-state index contributed by atoms with van der Waals surface area (Å²) < 4.78 is 0. The van der Waals surface area contributed by atoms with Crippen LogP contribution in [-0.2, 0) is 0 Å². The minimum absolute atomic E-state index is 0.484. The van der Waals surface area contributed by atoms with Gasteiger partial charge in [-0.05, 0) is 44.0 Å². The molecule has 2 heteroatoms. The van der Waals surface area contributed by atoms with Crippen molar-refractivity contribution in [3.63, 3.8) is 0 Å². The highest BCUT2D eigenvalue weighted by Gasteiger charge is 2.10. The molecular formula is C16H28N2. The topological polar surface area (TPSA) is 15.3 Å². The maximum absolute atomic E-state index is 3.52. The largest absolute Gasteiger partial charge is 0.372 e. The molecule has 0 aliphatic carbocycles. The Balaban J connectivity index is 2.78. The van der Waals surface area contributed by atoms with Crippen LogP contribution in [0.25, 0.3) is 0 Å². The molecule has 18 heavy (non-hydrogen) atoms. The van der Waals surface area contributed by atoms with E-state index in [9.17, 15) is 0 Å². The standard InChI is InChI=1S/C16H28N2/c1-6-13(4)18(5)15-11-9-14(10-12-15)16(7-2)17-8-3/h9-13,16-17H,6-8H2,1-5H3. The number of nitrogens with zero attached hydrogens (tertiary/aromatic N) is 1. The van der Waals surface area contributed by atoms with E-state index in [2.05, 4.69) is 69.2 Å². The number of hydrogen-bond acceptors (Lipinski definition) is 2. The highest BCUT2D eigenvalue weighted by Crippen LogP contribution is 2.22. The molecule has 2 atom stereocenters. The van der Waals surface area contributed by atoms with Crippen molar-refractivity contribution in [2.45, 2.75) is 52.6 Å². The van der Waals surface area contributed by atoms with Crippen molar-refractivity contribution >= 4 is 5.69 Å². The van der Waals surface area contributed by atoms with Crippen LogP contribution in [0.15, 0.2) is 24.3 Å². The van der Waals surface area contributed by atoms with Crippen LogP contribution in [0.1, 0.15) is 52.1 Å². The molecular weight excluding hydrogens is 220 g/mol. The molecule has 1 aromatic rings. The van der Waals surface area contributed by atoms with Crippen LogP contribution in [0.2, 0.25) is 0 Å². The Morgan fingerprint density at radius 2 is 1.67 bits per heavy atom. The second kappa shape index (κ2) is 7.42. The van der Waals surface area contributed by atoms with E-state index < -0.39 is 0 Å². The van der Waals surface area contributed by atoms with Crippen LogP contribution in [0.3, 0.4) is 0 Å². The molecule has 2 nitrogen and oxygen atoms in total. The van der Waals surface area contributed by atoms with Crippen molar-refractivity contribution in [1.29, 1.82) is 0 Å². The third kappa shape index (κ3) is 3.74. The quantitative estimate of drug-likeness (QED) is 0.785. The van der Waals surface area contributed by atoms with Gasteiger partial charge in [-0.15, -0.1) is 0 Å². The molecule has 102 valence electrons. The molecule has 0 aliphatic rings. The maximum atomic E-state index is 3.52. The van der Waals surface area contributed by atoms with Crippen molar-refractivity contribution < 1.29 is 0 Å². The van der Waals surface area contributed by atoms with E-state index in [-0.39, 0.29) is 0 Å². The fourth-order valence-corrected chi connectivity index (χ4v) is 2.21. The van der Waals surface area contributed by atoms with Crippen LogP contribution in [-0.4, -0.2) is 19.6 Å². The molecule has 0 amide bonds. The molecule has 1 rings (SSSR count). The molecule has 2 unspecified atom stereocenters. The van der Waals surface area contributed by atoms with E-state index in [1.165, 1.54) is 17.7 Å². The summed E-state index contributed by atoms with van der Waals surface area (Å²) in [7, 11) is 2.17. The lowest BCUT2D eigenvalue weighted by Gasteiger charge is -2.26. The molecule has 0 bridgehead atoms. The molecule has 1 aromatic carbocycles. The Hall–Kier alpha value is -1.02. The van der Waals surface area contributed by atoms with Crippen molar-refractivity contribution in [2.24, 2.45) is 0 Å². The van der Waals surface area contributed by atoms with E-state index in [1.807, 2.05) is 0 Å².